The Labute approximate surface area is 167 Å². The number of benzene rings is 2. The highest BCUT2D eigenvalue weighted by Crippen LogP contribution is 2.43. The molecule has 1 aliphatic heterocycles. The molecule has 8 heteroatoms. The van der Waals surface area contributed by atoms with Gasteiger partial charge >= 0.3 is 0 Å². The summed E-state index contributed by atoms with van der Waals surface area (Å²) in [6.07, 6.45) is 0. The van der Waals surface area contributed by atoms with Crippen LogP contribution >= 0.6 is 11.3 Å². The van der Waals surface area contributed by atoms with Crippen molar-refractivity contribution in [2.75, 3.05) is 4.90 Å². The third kappa shape index (κ3) is 3.21. The number of thiophene rings is 1. The highest BCUT2D eigenvalue weighted by atomic mass is 32.1. The quantitative estimate of drug-likeness (QED) is 0.380. The topological polar surface area (TPSA) is 57.6 Å². The van der Waals surface area contributed by atoms with Crippen molar-refractivity contribution in [2.45, 2.75) is 6.04 Å². The van der Waals surface area contributed by atoms with Crippen molar-refractivity contribution < 1.29 is 27.9 Å². The number of amides is 1. The first-order valence-electron chi connectivity index (χ1n) is 8.44. The molecule has 1 aliphatic rings. The van der Waals surface area contributed by atoms with Gasteiger partial charge in [-0.05, 0) is 47.8 Å². The Balaban J connectivity index is 1.92. The fraction of sp³-hybridized carbons (Fsp3) is 0.0476. The molecule has 0 aliphatic carbocycles. The van der Waals surface area contributed by atoms with Crippen molar-refractivity contribution in [2.24, 2.45) is 0 Å². The maximum absolute atomic E-state index is 13.8. The average Bonchev–Trinajstić information content (AvgIpc) is 3.32. The summed E-state index contributed by atoms with van der Waals surface area (Å²) < 4.78 is 40.4. The van der Waals surface area contributed by atoms with Crippen LogP contribution in [-0.2, 0) is 9.59 Å². The maximum Gasteiger partial charge on any atom is 0.300 e. The zero-order chi connectivity index (χ0) is 20.7. The third-order valence-electron chi connectivity index (χ3n) is 4.56. The molecule has 1 saturated heterocycles. The number of nitrogens with zero attached hydrogens (tertiary/aromatic N) is 1. The minimum Gasteiger partial charge on any atom is -0.507 e. The molecule has 4 nitrogen and oxygen atoms in total. The van der Waals surface area contributed by atoms with Gasteiger partial charge in [0.15, 0.2) is 11.6 Å². The second-order valence-corrected chi connectivity index (χ2v) is 7.27. The normalized spacial score (nSPS) is 18.4. The number of anilines is 1. The third-order valence-corrected chi connectivity index (χ3v) is 5.48. The first kappa shape index (κ1) is 18.9. The molecule has 1 amide bonds. The molecular weight excluding hydrogens is 403 g/mol. The van der Waals surface area contributed by atoms with Gasteiger partial charge in [0.25, 0.3) is 11.7 Å². The molecular formula is C21H12F3NO3S. The standard InChI is InChI=1S/C21H12F3NO3S/c22-12-5-3-11(4-6-12)19(26)17-18(16-2-1-9-29-16)25(21(28)20(17)27)13-7-8-14(23)15(24)10-13/h1-10,18,26H/b19-17-. The summed E-state index contributed by atoms with van der Waals surface area (Å²) in [4.78, 5) is 27.1. The first-order valence-corrected chi connectivity index (χ1v) is 9.32. The molecule has 4 rings (SSSR count). The largest absolute Gasteiger partial charge is 0.507 e. The van der Waals surface area contributed by atoms with E-state index < -0.39 is 40.9 Å². The van der Waals surface area contributed by atoms with E-state index in [4.69, 9.17) is 0 Å². The van der Waals surface area contributed by atoms with Crippen LogP contribution < -0.4 is 4.90 Å². The molecule has 3 aromatic rings. The van der Waals surface area contributed by atoms with Crippen molar-refractivity contribution in [1.29, 1.82) is 0 Å². The molecule has 1 aromatic heterocycles. The lowest BCUT2D eigenvalue weighted by Crippen LogP contribution is -2.29. The lowest BCUT2D eigenvalue weighted by atomic mass is 9.99. The van der Waals surface area contributed by atoms with Gasteiger partial charge in [0.2, 0.25) is 0 Å². The van der Waals surface area contributed by atoms with E-state index >= 15 is 0 Å². The van der Waals surface area contributed by atoms with E-state index in [2.05, 4.69) is 0 Å². The van der Waals surface area contributed by atoms with Gasteiger partial charge in [-0.15, -0.1) is 11.3 Å². The molecule has 0 saturated carbocycles. The fourth-order valence-corrected chi connectivity index (χ4v) is 4.04. The van der Waals surface area contributed by atoms with Crippen LogP contribution in [0.25, 0.3) is 5.76 Å². The summed E-state index contributed by atoms with van der Waals surface area (Å²) in [6.45, 7) is 0. The van der Waals surface area contributed by atoms with Crippen LogP contribution in [0.2, 0.25) is 0 Å². The van der Waals surface area contributed by atoms with Crippen molar-refractivity contribution in [3.8, 4) is 0 Å². The number of ketones is 1. The van der Waals surface area contributed by atoms with Gasteiger partial charge in [0.05, 0.1) is 5.57 Å². The highest BCUT2D eigenvalue weighted by Gasteiger charge is 2.47. The molecule has 0 spiro atoms. The lowest BCUT2D eigenvalue weighted by Gasteiger charge is -2.24. The number of aliphatic hydroxyl groups is 1. The van der Waals surface area contributed by atoms with E-state index in [0.29, 0.717) is 4.88 Å². The Morgan fingerprint density at radius 1 is 0.966 bits per heavy atom. The molecule has 2 aromatic carbocycles. The lowest BCUT2D eigenvalue weighted by molar-refractivity contribution is -0.132. The SMILES string of the molecule is O=C1C(=O)N(c2ccc(F)c(F)c2)C(c2cccs2)/C1=C(/O)c1ccc(F)cc1. The van der Waals surface area contributed by atoms with Gasteiger partial charge in [-0.2, -0.15) is 0 Å². The Hall–Kier alpha value is -3.39. The molecule has 29 heavy (non-hydrogen) atoms. The van der Waals surface area contributed by atoms with E-state index in [1.54, 1.807) is 17.5 Å². The summed E-state index contributed by atoms with van der Waals surface area (Å²) in [5.41, 5.74) is -0.0902. The fourth-order valence-electron chi connectivity index (χ4n) is 3.21. The van der Waals surface area contributed by atoms with Crippen molar-refractivity contribution in [1.82, 2.24) is 0 Å². The summed E-state index contributed by atoms with van der Waals surface area (Å²) >= 11 is 1.23. The van der Waals surface area contributed by atoms with Crippen molar-refractivity contribution >= 4 is 34.5 Å². The number of carbonyl (C=O) groups is 2. The van der Waals surface area contributed by atoms with Crippen LogP contribution in [-0.4, -0.2) is 16.8 Å². The monoisotopic (exact) mass is 415 g/mol. The minimum absolute atomic E-state index is 0.0254. The van der Waals surface area contributed by atoms with E-state index in [9.17, 15) is 27.9 Å². The summed E-state index contributed by atoms with van der Waals surface area (Å²) in [7, 11) is 0. The Morgan fingerprint density at radius 3 is 2.31 bits per heavy atom. The van der Waals surface area contributed by atoms with E-state index in [1.165, 1.54) is 29.5 Å². The van der Waals surface area contributed by atoms with Crippen LogP contribution in [0.3, 0.4) is 0 Å². The van der Waals surface area contributed by atoms with E-state index in [1.807, 2.05) is 0 Å². The Morgan fingerprint density at radius 2 is 1.69 bits per heavy atom. The number of rotatable bonds is 3. The predicted molar refractivity (Wildman–Crippen MR) is 102 cm³/mol. The van der Waals surface area contributed by atoms with Gasteiger partial charge in [-0.1, -0.05) is 6.07 Å². The molecule has 1 unspecified atom stereocenters. The number of halogens is 3. The maximum atomic E-state index is 13.8. The molecule has 1 N–H and O–H groups in total. The van der Waals surface area contributed by atoms with Crippen LogP contribution in [0, 0.1) is 17.5 Å². The Kier molecular flexibility index (Phi) is 4.71. The average molecular weight is 415 g/mol. The number of aliphatic hydroxyl groups excluding tert-OH is 1. The van der Waals surface area contributed by atoms with Crippen LogP contribution in [0.4, 0.5) is 18.9 Å². The van der Waals surface area contributed by atoms with E-state index in [0.717, 1.165) is 29.2 Å². The number of carbonyl (C=O) groups excluding carboxylic acids is 2. The molecule has 2 heterocycles. The first-order chi connectivity index (χ1) is 13.9. The summed E-state index contributed by atoms with van der Waals surface area (Å²) in [5.74, 6) is -5.24. The van der Waals surface area contributed by atoms with Gasteiger partial charge in [0, 0.05) is 22.2 Å². The highest BCUT2D eigenvalue weighted by molar-refractivity contribution is 7.10. The Bertz CT molecular complexity index is 1140. The van der Waals surface area contributed by atoms with Crippen molar-refractivity contribution in [3.05, 3.63) is 93.4 Å². The number of hydrogen-bond acceptors (Lipinski definition) is 4. The zero-order valence-corrected chi connectivity index (χ0v) is 15.4. The molecule has 0 radical (unpaired) electrons. The minimum atomic E-state index is -1.17. The predicted octanol–water partition coefficient (Wildman–Crippen LogP) is 4.79. The van der Waals surface area contributed by atoms with Gasteiger partial charge < -0.3 is 5.11 Å². The second-order valence-electron chi connectivity index (χ2n) is 6.29. The van der Waals surface area contributed by atoms with Gasteiger partial charge in [-0.25, -0.2) is 13.2 Å². The molecule has 0 bridgehead atoms. The summed E-state index contributed by atoms with van der Waals surface area (Å²) in [5, 5.41) is 12.5. The molecule has 1 atom stereocenters. The van der Waals surface area contributed by atoms with Gasteiger partial charge in [0.1, 0.15) is 17.6 Å². The van der Waals surface area contributed by atoms with Gasteiger partial charge in [-0.3, -0.25) is 14.5 Å². The molecule has 1 fully saturated rings. The smallest absolute Gasteiger partial charge is 0.300 e. The van der Waals surface area contributed by atoms with Crippen LogP contribution in [0.5, 0.6) is 0 Å². The summed E-state index contributed by atoms with van der Waals surface area (Å²) in [6, 6.07) is 9.96. The van der Waals surface area contributed by atoms with Crippen LogP contribution in [0.1, 0.15) is 16.5 Å². The van der Waals surface area contributed by atoms with Crippen LogP contribution in [0.15, 0.2) is 65.6 Å². The van der Waals surface area contributed by atoms with E-state index in [-0.39, 0.29) is 16.8 Å². The second kappa shape index (κ2) is 7.21. The zero-order valence-electron chi connectivity index (χ0n) is 14.6. The number of hydrogen-bond donors (Lipinski definition) is 1. The van der Waals surface area contributed by atoms with Crippen molar-refractivity contribution in [3.63, 3.8) is 0 Å². The number of Topliss-reactive ketones (excluding diaryl/α,β-unsaturated/α-hetero) is 1. The molecule has 146 valence electrons.